The summed E-state index contributed by atoms with van der Waals surface area (Å²) in [7, 11) is 1.49. The zero-order valence-corrected chi connectivity index (χ0v) is 16.3. The number of benzene rings is 2. The Morgan fingerprint density at radius 2 is 1.76 bits per heavy atom. The molecule has 0 fully saturated rings. The molecule has 0 aliphatic rings. The number of nitrogens with zero attached hydrogens (tertiary/aromatic N) is 3. The lowest BCUT2D eigenvalue weighted by Gasteiger charge is -2.07. The molecule has 4 aromatic rings. The quantitative estimate of drug-likeness (QED) is 0.432. The average Bonchev–Trinajstić information content (AvgIpc) is 3.10. The Kier molecular flexibility index (Phi) is 6.44. The van der Waals surface area contributed by atoms with Crippen molar-refractivity contribution in [2.45, 2.75) is 20.7 Å². The van der Waals surface area contributed by atoms with Gasteiger partial charge in [0.1, 0.15) is 17.0 Å². The van der Waals surface area contributed by atoms with E-state index in [9.17, 15) is 8.78 Å². The Morgan fingerprint density at radius 1 is 1.00 bits per heavy atom. The summed E-state index contributed by atoms with van der Waals surface area (Å²) in [4.78, 5) is 5.56. The van der Waals surface area contributed by atoms with Gasteiger partial charge >= 0.3 is 7.48 Å². The van der Waals surface area contributed by atoms with E-state index in [1.807, 2.05) is 44.2 Å². The van der Waals surface area contributed by atoms with Crippen molar-refractivity contribution < 1.29 is 18.3 Å². The van der Waals surface area contributed by atoms with Gasteiger partial charge in [0, 0.05) is 23.9 Å². The van der Waals surface area contributed by atoms with Crippen LogP contribution in [-0.2, 0) is 0 Å². The maximum Gasteiger partial charge on any atom is 0.407 e. The number of fused-ring (bicyclic) bond motifs is 1. The zero-order chi connectivity index (χ0) is 20.8. The number of pyridine rings is 1. The van der Waals surface area contributed by atoms with Crippen LogP contribution in [0, 0.1) is 11.6 Å². The minimum Gasteiger partial charge on any atom is -0.475 e. The summed E-state index contributed by atoms with van der Waals surface area (Å²) in [6.07, 6.45) is 1.58. The second-order valence-corrected chi connectivity index (χ2v) is 5.65. The van der Waals surface area contributed by atoms with Crippen LogP contribution < -0.4 is 9.49 Å². The normalized spacial score (nSPS) is 10.2. The van der Waals surface area contributed by atoms with Crippen molar-refractivity contribution >= 4 is 18.4 Å². The van der Waals surface area contributed by atoms with E-state index in [0.29, 0.717) is 11.2 Å². The van der Waals surface area contributed by atoms with Crippen molar-refractivity contribution in [2.24, 2.45) is 0 Å². The number of rotatable bonds is 5. The maximum atomic E-state index is 13.8. The first-order valence-electron chi connectivity index (χ1n) is 9.18. The molecule has 2 aromatic heterocycles. The lowest BCUT2D eigenvalue weighted by Crippen LogP contribution is -2.14. The van der Waals surface area contributed by atoms with E-state index < -0.39 is 11.6 Å². The second-order valence-electron chi connectivity index (χ2n) is 5.65. The number of aromatic nitrogens is 3. The van der Waals surface area contributed by atoms with Gasteiger partial charge in [0.25, 0.3) is 0 Å². The van der Waals surface area contributed by atoms with Crippen LogP contribution in [0.5, 0.6) is 11.6 Å². The molecule has 5 nitrogen and oxygen atoms in total. The molecule has 4 rings (SSSR count). The standard InChI is InChI=1S/C19H13BF2N3O2.C2H6/c1-20-27-25-16-10-18(26-17-8-7-13(21)9-15(17)22)23-11-14(16)19(24-25)12-5-3-2-4-6-12;1-2/h2-11H,1H3;1-2H3. The molecule has 2 aromatic carbocycles. The van der Waals surface area contributed by atoms with Crippen LogP contribution >= 0.6 is 0 Å². The monoisotopic (exact) mass is 394 g/mol. The maximum absolute atomic E-state index is 13.8. The molecule has 0 aliphatic carbocycles. The Morgan fingerprint density at radius 3 is 2.45 bits per heavy atom. The topological polar surface area (TPSA) is 49.2 Å². The molecule has 0 amide bonds. The summed E-state index contributed by atoms with van der Waals surface area (Å²) in [5, 5.41) is 5.22. The van der Waals surface area contributed by atoms with Gasteiger partial charge in [0.2, 0.25) is 5.88 Å². The lowest BCUT2D eigenvalue weighted by atomic mass is 10.1. The van der Waals surface area contributed by atoms with Gasteiger partial charge in [0.15, 0.2) is 11.6 Å². The van der Waals surface area contributed by atoms with E-state index in [1.54, 1.807) is 19.1 Å². The van der Waals surface area contributed by atoms with Gasteiger partial charge in [-0.15, -0.1) is 9.94 Å². The molecule has 0 spiro atoms. The van der Waals surface area contributed by atoms with Crippen LogP contribution in [0.15, 0.2) is 60.8 Å². The smallest absolute Gasteiger partial charge is 0.407 e. The first-order valence-corrected chi connectivity index (χ1v) is 9.18. The molecule has 8 heteroatoms. The molecule has 29 heavy (non-hydrogen) atoms. The van der Waals surface area contributed by atoms with E-state index in [-0.39, 0.29) is 11.6 Å². The number of ether oxygens (including phenoxy) is 1. The van der Waals surface area contributed by atoms with Crippen LogP contribution in [0.3, 0.4) is 0 Å². The van der Waals surface area contributed by atoms with Crippen LogP contribution in [-0.4, -0.2) is 22.4 Å². The van der Waals surface area contributed by atoms with Crippen LogP contribution in [0.4, 0.5) is 8.78 Å². The van der Waals surface area contributed by atoms with Crippen molar-refractivity contribution in [3.05, 3.63) is 72.4 Å². The van der Waals surface area contributed by atoms with Gasteiger partial charge in [0.05, 0.1) is 5.39 Å². The summed E-state index contributed by atoms with van der Waals surface area (Å²) in [5.74, 6) is -1.48. The van der Waals surface area contributed by atoms with Crippen LogP contribution in [0.2, 0.25) is 6.82 Å². The van der Waals surface area contributed by atoms with Gasteiger partial charge in [-0.3, -0.25) is 0 Å². The van der Waals surface area contributed by atoms with Gasteiger partial charge in [-0.25, -0.2) is 13.8 Å². The van der Waals surface area contributed by atoms with Crippen molar-refractivity contribution in [2.75, 3.05) is 0 Å². The Balaban J connectivity index is 0.00000117. The summed E-state index contributed by atoms with van der Waals surface area (Å²) in [6, 6.07) is 14.3. The summed E-state index contributed by atoms with van der Waals surface area (Å²) < 4.78 is 37.8. The predicted octanol–water partition coefficient (Wildman–Crippen LogP) is 5.29. The SMILES string of the molecule is CC.C[B]On1nc(-c2ccccc2)c2cnc(Oc3ccc(F)cc3F)cc21. The first kappa shape index (κ1) is 20.3. The highest BCUT2D eigenvalue weighted by molar-refractivity contribution is 6.25. The van der Waals surface area contributed by atoms with Gasteiger partial charge < -0.3 is 9.49 Å². The molecule has 0 saturated carbocycles. The van der Waals surface area contributed by atoms with Gasteiger partial charge in [-0.05, 0) is 19.0 Å². The van der Waals surface area contributed by atoms with Crippen molar-refractivity contribution in [1.29, 1.82) is 0 Å². The first-order chi connectivity index (χ1) is 14.2. The third-order valence-electron chi connectivity index (χ3n) is 3.87. The van der Waals surface area contributed by atoms with Crippen LogP contribution in [0.1, 0.15) is 13.8 Å². The Bertz CT molecular complexity index is 1100. The minimum absolute atomic E-state index is 0.124. The fourth-order valence-electron chi connectivity index (χ4n) is 2.68. The van der Waals surface area contributed by atoms with Crippen molar-refractivity contribution in [1.82, 2.24) is 14.9 Å². The van der Waals surface area contributed by atoms with E-state index in [0.717, 1.165) is 23.1 Å². The average molecular weight is 394 g/mol. The second kappa shape index (κ2) is 9.19. The zero-order valence-electron chi connectivity index (χ0n) is 16.3. The number of hydrogen-bond acceptors (Lipinski definition) is 4. The van der Waals surface area contributed by atoms with Crippen molar-refractivity contribution in [3.63, 3.8) is 0 Å². The highest BCUT2D eigenvalue weighted by atomic mass is 19.1. The van der Waals surface area contributed by atoms with Crippen LogP contribution in [0.25, 0.3) is 22.2 Å². The number of hydrogen-bond donors (Lipinski definition) is 0. The molecule has 0 N–H and O–H groups in total. The number of halogens is 2. The van der Waals surface area contributed by atoms with E-state index >= 15 is 0 Å². The third-order valence-corrected chi connectivity index (χ3v) is 3.87. The highest BCUT2D eigenvalue weighted by Crippen LogP contribution is 2.30. The third kappa shape index (κ3) is 4.37. The highest BCUT2D eigenvalue weighted by Gasteiger charge is 2.16. The fraction of sp³-hybridized carbons (Fsp3) is 0.143. The van der Waals surface area contributed by atoms with Crippen molar-refractivity contribution in [3.8, 4) is 22.9 Å². The lowest BCUT2D eigenvalue weighted by molar-refractivity contribution is 0.262. The van der Waals surface area contributed by atoms with E-state index in [2.05, 4.69) is 10.1 Å². The summed E-state index contributed by atoms with van der Waals surface area (Å²) in [6.45, 7) is 5.72. The molecule has 0 aliphatic heterocycles. The van der Waals surface area contributed by atoms with Gasteiger partial charge in [-0.2, -0.15) is 0 Å². The minimum atomic E-state index is -0.812. The Hall–Kier alpha value is -3.42. The van der Waals surface area contributed by atoms with E-state index in [4.69, 9.17) is 9.49 Å². The van der Waals surface area contributed by atoms with E-state index in [1.165, 1.54) is 18.4 Å². The summed E-state index contributed by atoms with van der Waals surface area (Å²) in [5.41, 5.74) is 2.19. The molecular weight excluding hydrogens is 375 g/mol. The molecule has 147 valence electrons. The molecular formula is C21H19BF2N3O2. The molecule has 0 saturated heterocycles. The molecule has 2 heterocycles. The largest absolute Gasteiger partial charge is 0.475 e. The molecule has 0 atom stereocenters. The fourth-order valence-corrected chi connectivity index (χ4v) is 2.68. The molecule has 1 radical (unpaired) electrons. The van der Waals surface area contributed by atoms with Gasteiger partial charge in [-0.1, -0.05) is 44.2 Å². The summed E-state index contributed by atoms with van der Waals surface area (Å²) >= 11 is 0. The Labute approximate surface area is 168 Å². The predicted molar refractivity (Wildman–Crippen MR) is 109 cm³/mol. The molecule has 0 unspecified atom stereocenters. The molecule has 0 bridgehead atoms.